The van der Waals surface area contributed by atoms with Gasteiger partial charge in [0.2, 0.25) is 0 Å². The number of nitrogens with zero attached hydrogens (tertiary/aromatic N) is 3. The average molecular weight is 308 g/mol. The number of hydrogen-bond donors (Lipinski definition) is 5. The zero-order valence-electron chi connectivity index (χ0n) is 12.8. The van der Waals surface area contributed by atoms with Crippen molar-refractivity contribution in [3.8, 4) is 0 Å². The molecule has 0 spiro atoms. The van der Waals surface area contributed by atoms with Crippen LogP contribution in [0, 0.1) is 6.92 Å². The molecule has 0 aromatic carbocycles. The summed E-state index contributed by atoms with van der Waals surface area (Å²) in [6, 6.07) is 0. The van der Waals surface area contributed by atoms with Gasteiger partial charge in [-0.1, -0.05) is 12.8 Å². The van der Waals surface area contributed by atoms with Crippen molar-refractivity contribution in [1.82, 2.24) is 15.3 Å². The molecule has 1 aromatic rings. The first-order valence-electron chi connectivity index (χ1n) is 7.16. The van der Waals surface area contributed by atoms with E-state index in [1.165, 1.54) is 0 Å². The second kappa shape index (κ2) is 8.78. The topological polar surface area (TPSA) is 171 Å². The van der Waals surface area contributed by atoms with Gasteiger partial charge < -0.3 is 22.9 Å². The summed E-state index contributed by atoms with van der Waals surface area (Å²) in [5, 5.41) is 2.43. The molecule has 1 amide bonds. The molecular weight excluding hydrogens is 284 g/mol. The number of aryl methyl sites for hydroxylation is 1. The summed E-state index contributed by atoms with van der Waals surface area (Å²) in [5.41, 5.74) is 22.7. The van der Waals surface area contributed by atoms with Crippen LogP contribution in [0.4, 0.5) is 11.6 Å². The molecular formula is C13H24N8O. The monoisotopic (exact) mass is 308 g/mol. The molecule has 0 aliphatic rings. The molecule has 0 fully saturated rings. The van der Waals surface area contributed by atoms with Crippen LogP contribution in [-0.4, -0.2) is 34.9 Å². The number of aliphatic imine (C=N–C) groups is 1. The van der Waals surface area contributed by atoms with E-state index in [2.05, 4.69) is 20.3 Å². The number of nitrogens with two attached hydrogens (primary N) is 4. The van der Waals surface area contributed by atoms with E-state index in [0.29, 0.717) is 18.8 Å². The zero-order chi connectivity index (χ0) is 16.5. The molecule has 0 saturated carbocycles. The summed E-state index contributed by atoms with van der Waals surface area (Å²) in [6.07, 6.45) is 3.98. The van der Waals surface area contributed by atoms with Gasteiger partial charge in [-0.05, 0) is 26.3 Å². The van der Waals surface area contributed by atoms with Crippen LogP contribution in [0.5, 0.6) is 0 Å². The van der Waals surface area contributed by atoms with Crippen molar-refractivity contribution in [1.29, 1.82) is 0 Å². The second-order valence-corrected chi connectivity index (χ2v) is 4.85. The molecule has 0 radical (unpaired) electrons. The first-order chi connectivity index (χ1) is 10.5. The Labute approximate surface area is 129 Å². The van der Waals surface area contributed by atoms with E-state index < -0.39 is 5.91 Å². The maximum absolute atomic E-state index is 12.0. The number of nitrogens with one attached hydrogen (secondary N) is 1. The van der Waals surface area contributed by atoms with Gasteiger partial charge in [-0.3, -0.25) is 15.1 Å². The quantitative estimate of drug-likeness (QED) is 0.257. The molecule has 0 unspecified atom stereocenters. The SMILES string of the molecule is Cc1nc(C(=O)NC(N)=NCCCCCCN)c(N)nc1N. The normalized spacial score (nSPS) is 11.5. The standard InChI is InChI=1S/C13H24N8O/c1-8-10(15)20-11(16)9(19-8)12(22)21-13(17)18-7-5-3-2-4-6-14/h2-7,14H2,1H3,(H4,15,16,20)(H3,17,18,21,22). The van der Waals surface area contributed by atoms with Crippen molar-refractivity contribution in [3.63, 3.8) is 0 Å². The van der Waals surface area contributed by atoms with Gasteiger partial charge in [0, 0.05) is 6.54 Å². The maximum atomic E-state index is 12.0. The number of carbonyl (C=O) groups is 1. The number of carbonyl (C=O) groups excluding carboxylic acids is 1. The van der Waals surface area contributed by atoms with Crippen LogP contribution in [0.25, 0.3) is 0 Å². The third-order valence-electron chi connectivity index (χ3n) is 2.98. The lowest BCUT2D eigenvalue weighted by atomic mass is 10.2. The van der Waals surface area contributed by atoms with Crippen LogP contribution >= 0.6 is 0 Å². The Bertz CT molecular complexity index is 543. The molecule has 9 heteroatoms. The fourth-order valence-electron chi connectivity index (χ4n) is 1.74. The minimum absolute atomic E-state index is 0.0206. The number of guanidine groups is 1. The van der Waals surface area contributed by atoms with E-state index in [1.807, 2.05) is 0 Å². The minimum atomic E-state index is -0.558. The summed E-state index contributed by atoms with van der Waals surface area (Å²) >= 11 is 0. The van der Waals surface area contributed by atoms with Crippen LogP contribution in [0.3, 0.4) is 0 Å². The Hall–Kier alpha value is -2.42. The Kier molecular flexibility index (Phi) is 7.03. The number of anilines is 2. The van der Waals surface area contributed by atoms with Crippen LogP contribution in [-0.2, 0) is 0 Å². The van der Waals surface area contributed by atoms with E-state index in [-0.39, 0.29) is 23.3 Å². The van der Waals surface area contributed by atoms with Crippen molar-refractivity contribution >= 4 is 23.5 Å². The molecule has 0 aliphatic carbocycles. The highest BCUT2D eigenvalue weighted by Gasteiger charge is 2.15. The molecule has 9 nitrogen and oxygen atoms in total. The third kappa shape index (κ3) is 5.52. The fourth-order valence-corrected chi connectivity index (χ4v) is 1.74. The van der Waals surface area contributed by atoms with E-state index in [1.54, 1.807) is 6.92 Å². The van der Waals surface area contributed by atoms with Crippen LogP contribution in [0.1, 0.15) is 41.9 Å². The third-order valence-corrected chi connectivity index (χ3v) is 2.98. The highest BCUT2D eigenvalue weighted by molar-refractivity contribution is 6.06. The molecule has 0 atom stereocenters. The van der Waals surface area contributed by atoms with E-state index in [9.17, 15) is 4.79 Å². The lowest BCUT2D eigenvalue weighted by Gasteiger charge is -2.08. The Morgan fingerprint density at radius 1 is 1.14 bits per heavy atom. The highest BCUT2D eigenvalue weighted by Crippen LogP contribution is 2.11. The molecule has 0 aliphatic heterocycles. The van der Waals surface area contributed by atoms with Crippen molar-refractivity contribution in [3.05, 3.63) is 11.4 Å². The predicted octanol–water partition coefficient (Wildman–Crippen LogP) is -0.487. The van der Waals surface area contributed by atoms with Gasteiger partial charge in [-0.25, -0.2) is 9.97 Å². The summed E-state index contributed by atoms with van der Waals surface area (Å²) in [5.74, 6) is -0.389. The van der Waals surface area contributed by atoms with Gasteiger partial charge in [0.25, 0.3) is 5.91 Å². The van der Waals surface area contributed by atoms with Gasteiger partial charge in [0.1, 0.15) is 5.82 Å². The van der Waals surface area contributed by atoms with Crippen molar-refractivity contribution in [2.75, 3.05) is 24.6 Å². The van der Waals surface area contributed by atoms with Gasteiger partial charge in [-0.2, -0.15) is 0 Å². The molecule has 1 aromatic heterocycles. The summed E-state index contributed by atoms with van der Waals surface area (Å²) < 4.78 is 0. The molecule has 122 valence electrons. The Morgan fingerprint density at radius 2 is 1.82 bits per heavy atom. The van der Waals surface area contributed by atoms with E-state index in [0.717, 1.165) is 25.7 Å². The number of aromatic nitrogens is 2. The molecule has 0 saturated heterocycles. The summed E-state index contributed by atoms with van der Waals surface area (Å²) in [6.45, 7) is 2.88. The molecule has 1 rings (SSSR count). The summed E-state index contributed by atoms with van der Waals surface area (Å²) in [7, 11) is 0. The van der Waals surface area contributed by atoms with E-state index in [4.69, 9.17) is 22.9 Å². The predicted molar refractivity (Wildman–Crippen MR) is 87.1 cm³/mol. The second-order valence-electron chi connectivity index (χ2n) is 4.85. The minimum Gasteiger partial charge on any atom is -0.382 e. The number of nitrogen functional groups attached to an aromatic ring is 2. The number of amides is 1. The van der Waals surface area contributed by atoms with Crippen molar-refractivity contribution in [2.24, 2.45) is 16.5 Å². The van der Waals surface area contributed by atoms with E-state index >= 15 is 0 Å². The zero-order valence-corrected chi connectivity index (χ0v) is 12.8. The van der Waals surface area contributed by atoms with Gasteiger partial charge in [0.05, 0.1) is 5.69 Å². The molecule has 9 N–H and O–H groups in total. The smallest absolute Gasteiger partial charge is 0.280 e. The van der Waals surface area contributed by atoms with Crippen LogP contribution in [0.15, 0.2) is 4.99 Å². The lowest BCUT2D eigenvalue weighted by Crippen LogP contribution is -2.38. The number of hydrogen-bond acceptors (Lipinski definition) is 7. The fraction of sp³-hybridized carbons (Fsp3) is 0.538. The van der Waals surface area contributed by atoms with Gasteiger partial charge in [-0.15, -0.1) is 0 Å². The van der Waals surface area contributed by atoms with Gasteiger partial charge >= 0.3 is 0 Å². The maximum Gasteiger partial charge on any atom is 0.280 e. The Balaban J connectivity index is 2.52. The Morgan fingerprint density at radius 3 is 2.50 bits per heavy atom. The molecule has 22 heavy (non-hydrogen) atoms. The van der Waals surface area contributed by atoms with Gasteiger partial charge in [0.15, 0.2) is 17.5 Å². The summed E-state index contributed by atoms with van der Waals surface area (Å²) in [4.78, 5) is 23.9. The largest absolute Gasteiger partial charge is 0.382 e. The highest BCUT2D eigenvalue weighted by atomic mass is 16.2. The molecule has 1 heterocycles. The lowest BCUT2D eigenvalue weighted by molar-refractivity contribution is 0.0972. The number of rotatable bonds is 7. The number of unbranched alkanes of at least 4 members (excludes halogenated alkanes) is 3. The average Bonchev–Trinajstić information content (AvgIpc) is 2.46. The van der Waals surface area contributed by atoms with Crippen molar-refractivity contribution in [2.45, 2.75) is 32.6 Å². The van der Waals surface area contributed by atoms with Crippen molar-refractivity contribution < 1.29 is 4.79 Å². The first-order valence-corrected chi connectivity index (χ1v) is 7.16. The molecule has 0 bridgehead atoms. The van der Waals surface area contributed by atoms with Crippen LogP contribution in [0.2, 0.25) is 0 Å². The first kappa shape index (κ1) is 17.6. The van der Waals surface area contributed by atoms with Crippen LogP contribution < -0.4 is 28.3 Å².